The van der Waals surface area contributed by atoms with Crippen molar-refractivity contribution in [3.05, 3.63) is 57.1 Å². The summed E-state index contributed by atoms with van der Waals surface area (Å²) in [5, 5.41) is 22.0. The highest BCUT2D eigenvalue weighted by atomic mass is 79.9. The number of carbonyl (C=O) groups is 1. The molecule has 2 aromatic carbocycles. The lowest BCUT2D eigenvalue weighted by Crippen LogP contribution is -2.15. The lowest BCUT2D eigenvalue weighted by Gasteiger charge is -2.11. The Kier molecular flexibility index (Phi) is 5.84. The number of aryl methyl sites for hydroxylation is 2. The van der Waals surface area contributed by atoms with E-state index in [9.17, 15) is 15.2 Å². The van der Waals surface area contributed by atoms with Gasteiger partial charge in [0.2, 0.25) is 0 Å². The van der Waals surface area contributed by atoms with Crippen LogP contribution in [0.4, 0.5) is 5.69 Å². The number of halogens is 1. The standard InChI is InChI=1S/C19H17BrN2O3/c1-11-5-4-6-12(2)17(11)22-19(24)14(10-21)7-13-8-15(20)18(23)16(9-13)25-3/h4-9,23H,1-3H3,(H,22,24)/b14-7-. The summed E-state index contributed by atoms with van der Waals surface area (Å²) in [7, 11) is 1.42. The number of para-hydroxylation sites is 1. The lowest BCUT2D eigenvalue weighted by molar-refractivity contribution is -0.112. The number of nitriles is 1. The Morgan fingerprint density at radius 3 is 2.52 bits per heavy atom. The first-order chi connectivity index (χ1) is 11.9. The number of anilines is 1. The summed E-state index contributed by atoms with van der Waals surface area (Å²) in [6, 6.07) is 10.7. The predicted molar refractivity (Wildman–Crippen MR) is 100 cm³/mol. The number of hydrogen-bond donors (Lipinski definition) is 2. The van der Waals surface area contributed by atoms with E-state index in [1.807, 2.05) is 38.1 Å². The molecular weight excluding hydrogens is 384 g/mol. The van der Waals surface area contributed by atoms with E-state index in [1.54, 1.807) is 12.1 Å². The normalized spacial score (nSPS) is 10.9. The first-order valence-electron chi connectivity index (χ1n) is 7.43. The third kappa shape index (κ3) is 4.20. The van der Waals surface area contributed by atoms with E-state index < -0.39 is 5.91 Å². The van der Waals surface area contributed by atoms with Gasteiger partial charge in [0.15, 0.2) is 11.5 Å². The van der Waals surface area contributed by atoms with Gasteiger partial charge in [0.25, 0.3) is 5.91 Å². The van der Waals surface area contributed by atoms with Gasteiger partial charge in [-0.15, -0.1) is 0 Å². The van der Waals surface area contributed by atoms with E-state index in [1.165, 1.54) is 13.2 Å². The minimum atomic E-state index is -0.497. The number of benzene rings is 2. The van der Waals surface area contributed by atoms with Gasteiger partial charge in [0.05, 0.1) is 11.6 Å². The van der Waals surface area contributed by atoms with Crippen molar-refractivity contribution in [1.29, 1.82) is 5.26 Å². The molecule has 0 fully saturated rings. The molecule has 25 heavy (non-hydrogen) atoms. The third-order valence-electron chi connectivity index (χ3n) is 3.67. The van der Waals surface area contributed by atoms with Crippen molar-refractivity contribution < 1.29 is 14.6 Å². The van der Waals surface area contributed by atoms with Gasteiger partial charge in [0.1, 0.15) is 11.6 Å². The molecule has 2 aromatic rings. The Balaban J connectivity index is 2.36. The topological polar surface area (TPSA) is 82.3 Å². The molecule has 0 heterocycles. The molecule has 0 aromatic heterocycles. The molecule has 1 amide bonds. The van der Waals surface area contributed by atoms with Gasteiger partial charge in [-0.1, -0.05) is 18.2 Å². The van der Waals surface area contributed by atoms with Gasteiger partial charge in [0, 0.05) is 5.69 Å². The minimum absolute atomic E-state index is 0.0434. The number of phenolic OH excluding ortho intramolecular Hbond substituents is 1. The summed E-state index contributed by atoms with van der Waals surface area (Å²) in [5.74, 6) is -0.297. The summed E-state index contributed by atoms with van der Waals surface area (Å²) in [6.07, 6.45) is 1.44. The van der Waals surface area contributed by atoms with E-state index in [2.05, 4.69) is 21.2 Å². The van der Waals surface area contributed by atoms with Crippen LogP contribution in [-0.4, -0.2) is 18.1 Å². The van der Waals surface area contributed by atoms with Crippen molar-refractivity contribution in [2.75, 3.05) is 12.4 Å². The van der Waals surface area contributed by atoms with Crippen LogP contribution in [0, 0.1) is 25.2 Å². The highest BCUT2D eigenvalue weighted by Crippen LogP contribution is 2.35. The second-order valence-corrected chi connectivity index (χ2v) is 6.30. The Labute approximate surface area is 154 Å². The number of ether oxygens (including phenoxy) is 1. The number of hydrogen-bond acceptors (Lipinski definition) is 4. The first-order valence-corrected chi connectivity index (χ1v) is 8.22. The Bertz CT molecular complexity index is 878. The Morgan fingerprint density at radius 2 is 1.96 bits per heavy atom. The molecule has 2 N–H and O–H groups in total. The van der Waals surface area contributed by atoms with Crippen LogP contribution in [0.2, 0.25) is 0 Å². The summed E-state index contributed by atoms with van der Waals surface area (Å²) < 4.78 is 5.48. The van der Waals surface area contributed by atoms with Crippen molar-refractivity contribution in [3.8, 4) is 17.6 Å². The molecule has 6 heteroatoms. The molecule has 128 valence electrons. The number of rotatable bonds is 4. The van der Waals surface area contributed by atoms with Crippen molar-refractivity contribution >= 4 is 33.6 Å². The summed E-state index contributed by atoms with van der Waals surface area (Å²) in [5.41, 5.74) is 3.02. The molecule has 0 aliphatic heterocycles. The molecule has 0 unspecified atom stereocenters. The number of nitrogens with one attached hydrogen (secondary N) is 1. The molecule has 0 bridgehead atoms. The van der Waals surface area contributed by atoms with Crippen molar-refractivity contribution in [2.45, 2.75) is 13.8 Å². The maximum absolute atomic E-state index is 12.5. The molecule has 0 aliphatic carbocycles. The number of aromatic hydroxyl groups is 1. The highest BCUT2D eigenvalue weighted by molar-refractivity contribution is 9.10. The number of nitrogens with zero attached hydrogens (tertiary/aromatic N) is 1. The number of carbonyl (C=O) groups excluding carboxylic acids is 1. The van der Waals surface area contributed by atoms with Crippen LogP contribution in [0.25, 0.3) is 6.08 Å². The quantitative estimate of drug-likeness (QED) is 0.590. The monoisotopic (exact) mass is 400 g/mol. The van der Waals surface area contributed by atoms with Crippen LogP contribution in [0.5, 0.6) is 11.5 Å². The molecule has 0 spiro atoms. The number of methoxy groups -OCH3 is 1. The molecule has 2 rings (SSSR count). The van der Waals surface area contributed by atoms with Gasteiger partial charge >= 0.3 is 0 Å². The van der Waals surface area contributed by atoms with Gasteiger partial charge in [-0.25, -0.2) is 0 Å². The van der Waals surface area contributed by atoms with E-state index >= 15 is 0 Å². The second-order valence-electron chi connectivity index (χ2n) is 5.44. The van der Waals surface area contributed by atoms with E-state index in [0.29, 0.717) is 15.7 Å². The van der Waals surface area contributed by atoms with Crippen LogP contribution < -0.4 is 10.1 Å². The van der Waals surface area contributed by atoms with Crippen LogP contribution in [0.1, 0.15) is 16.7 Å². The molecule has 5 nitrogen and oxygen atoms in total. The molecule has 0 saturated carbocycles. The molecular formula is C19H17BrN2O3. The van der Waals surface area contributed by atoms with Gasteiger partial charge in [-0.2, -0.15) is 5.26 Å². The summed E-state index contributed by atoms with van der Waals surface area (Å²) in [4.78, 5) is 12.5. The van der Waals surface area contributed by atoms with Gasteiger partial charge < -0.3 is 15.2 Å². The first kappa shape index (κ1) is 18.6. The van der Waals surface area contributed by atoms with Crippen LogP contribution >= 0.6 is 15.9 Å². The fourth-order valence-corrected chi connectivity index (χ4v) is 2.80. The van der Waals surface area contributed by atoms with Gasteiger partial charge in [-0.3, -0.25) is 4.79 Å². The van der Waals surface area contributed by atoms with Crippen LogP contribution in [0.15, 0.2) is 40.4 Å². The van der Waals surface area contributed by atoms with Gasteiger partial charge in [-0.05, 0) is 64.7 Å². The van der Waals surface area contributed by atoms with E-state index in [-0.39, 0.29) is 17.1 Å². The smallest absolute Gasteiger partial charge is 0.266 e. The van der Waals surface area contributed by atoms with Crippen LogP contribution in [-0.2, 0) is 4.79 Å². The van der Waals surface area contributed by atoms with Crippen molar-refractivity contribution in [1.82, 2.24) is 0 Å². The zero-order valence-electron chi connectivity index (χ0n) is 14.1. The second kappa shape index (κ2) is 7.86. The number of amides is 1. The highest BCUT2D eigenvalue weighted by Gasteiger charge is 2.14. The summed E-state index contributed by atoms with van der Waals surface area (Å²) in [6.45, 7) is 3.78. The molecule has 0 saturated heterocycles. The number of phenols is 1. The zero-order valence-corrected chi connectivity index (χ0v) is 15.6. The molecule has 0 atom stereocenters. The van der Waals surface area contributed by atoms with E-state index in [0.717, 1.165) is 11.1 Å². The fourth-order valence-electron chi connectivity index (χ4n) is 2.34. The fraction of sp³-hybridized carbons (Fsp3) is 0.158. The Hall–Kier alpha value is -2.78. The predicted octanol–water partition coefficient (Wildman–Crippen LogP) is 4.33. The van der Waals surface area contributed by atoms with E-state index in [4.69, 9.17) is 4.74 Å². The molecule has 0 radical (unpaired) electrons. The zero-order chi connectivity index (χ0) is 18.6. The minimum Gasteiger partial charge on any atom is -0.503 e. The SMILES string of the molecule is COc1cc(/C=C(/C#N)C(=O)Nc2c(C)cccc2C)cc(Br)c1O. The summed E-state index contributed by atoms with van der Waals surface area (Å²) >= 11 is 3.22. The average Bonchev–Trinajstić information content (AvgIpc) is 2.58. The van der Waals surface area contributed by atoms with Crippen LogP contribution in [0.3, 0.4) is 0 Å². The molecule has 0 aliphatic rings. The Morgan fingerprint density at radius 1 is 1.32 bits per heavy atom. The maximum atomic E-state index is 12.5. The largest absolute Gasteiger partial charge is 0.503 e. The average molecular weight is 401 g/mol. The van der Waals surface area contributed by atoms with Crippen molar-refractivity contribution in [2.24, 2.45) is 0 Å². The third-order valence-corrected chi connectivity index (χ3v) is 4.27. The lowest BCUT2D eigenvalue weighted by atomic mass is 10.1. The maximum Gasteiger partial charge on any atom is 0.266 e. The van der Waals surface area contributed by atoms with Crippen molar-refractivity contribution in [3.63, 3.8) is 0 Å².